The Kier molecular flexibility index (Phi) is 6.40. The van der Waals surface area contributed by atoms with Gasteiger partial charge in [-0.3, -0.25) is 4.79 Å². The average molecular weight is 544 g/mol. The number of fused-ring (bicyclic) bond motifs is 3. The number of aromatic nitrogens is 3. The minimum absolute atomic E-state index is 0.205. The minimum atomic E-state index is -0.529. The second-order valence-electron chi connectivity index (χ2n) is 10.5. The van der Waals surface area contributed by atoms with E-state index in [9.17, 15) is 14.0 Å². The molecule has 0 aliphatic carbocycles. The summed E-state index contributed by atoms with van der Waals surface area (Å²) in [5.41, 5.74) is 4.26. The van der Waals surface area contributed by atoms with Crippen molar-refractivity contribution in [1.29, 1.82) is 0 Å². The molecule has 2 aliphatic heterocycles. The second kappa shape index (κ2) is 9.93. The van der Waals surface area contributed by atoms with Crippen molar-refractivity contribution in [2.45, 2.75) is 39.0 Å². The number of carbonyl (C=O) groups is 2. The van der Waals surface area contributed by atoms with Crippen LogP contribution in [0.15, 0.2) is 48.8 Å². The third-order valence-electron chi connectivity index (χ3n) is 7.94. The number of nitrogens with zero attached hydrogens (tertiary/aromatic N) is 4. The molecule has 0 radical (unpaired) electrons. The van der Waals surface area contributed by atoms with Crippen LogP contribution in [0.4, 0.5) is 15.9 Å². The number of aryl methyl sites for hydroxylation is 2. The molecule has 2 aromatic carbocycles. The van der Waals surface area contributed by atoms with Crippen molar-refractivity contribution < 1.29 is 23.5 Å². The third-order valence-corrected chi connectivity index (χ3v) is 7.94. The van der Waals surface area contributed by atoms with E-state index in [1.807, 2.05) is 38.1 Å². The first-order valence-electron chi connectivity index (χ1n) is 13.4. The molecule has 1 N–H and O–H groups in total. The monoisotopic (exact) mass is 543 g/mol. The Labute approximate surface area is 230 Å². The highest BCUT2D eigenvalue weighted by atomic mass is 19.1. The maximum atomic E-state index is 14.3. The average Bonchev–Trinajstić information content (AvgIpc) is 3.54. The number of hydrogen-bond donors (Lipinski definition) is 1. The molecule has 4 aromatic rings. The smallest absolute Gasteiger partial charge is 0.343 e. The fourth-order valence-electron chi connectivity index (χ4n) is 5.64. The Hall–Kier alpha value is -4.47. The molecular formula is C30H30FN5O4. The summed E-state index contributed by atoms with van der Waals surface area (Å²) in [7, 11) is 0. The summed E-state index contributed by atoms with van der Waals surface area (Å²) >= 11 is 0. The van der Waals surface area contributed by atoms with Crippen molar-refractivity contribution >= 4 is 29.0 Å². The SMILES string of the molecule is CCOC(=O)c1cnn2c(Nc3cc(C)ccc3C)c(C(=O)N3CCC4(CC3)COc3c(F)cccc34)cnc12. The number of anilines is 2. The molecular weight excluding hydrogens is 513 g/mol. The molecule has 1 saturated heterocycles. The van der Waals surface area contributed by atoms with Crippen LogP contribution in [0.1, 0.15) is 57.2 Å². The first-order chi connectivity index (χ1) is 19.3. The molecule has 1 fully saturated rings. The van der Waals surface area contributed by atoms with E-state index in [1.54, 1.807) is 17.9 Å². The number of nitrogens with one attached hydrogen (secondary N) is 1. The molecule has 1 spiro atoms. The van der Waals surface area contributed by atoms with E-state index in [-0.39, 0.29) is 29.3 Å². The van der Waals surface area contributed by atoms with Crippen molar-refractivity contribution in [3.63, 3.8) is 0 Å². The molecule has 0 atom stereocenters. The fourth-order valence-corrected chi connectivity index (χ4v) is 5.64. The third kappa shape index (κ3) is 4.24. The van der Waals surface area contributed by atoms with Crippen LogP contribution in [0.25, 0.3) is 5.65 Å². The lowest BCUT2D eigenvalue weighted by atomic mass is 9.74. The first kappa shape index (κ1) is 25.8. The Morgan fingerprint density at radius 3 is 2.70 bits per heavy atom. The minimum Gasteiger partial charge on any atom is -0.489 e. The first-order valence-corrected chi connectivity index (χ1v) is 13.4. The van der Waals surface area contributed by atoms with E-state index in [4.69, 9.17) is 9.47 Å². The number of para-hydroxylation sites is 1. The number of esters is 1. The lowest BCUT2D eigenvalue weighted by Gasteiger charge is -2.38. The van der Waals surface area contributed by atoms with Crippen molar-refractivity contribution in [3.05, 3.63) is 82.4 Å². The number of rotatable bonds is 5. The molecule has 4 heterocycles. The molecule has 0 unspecified atom stereocenters. The van der Waals surface area contributed by atoms with Crippen LogP contribution in [0.5, 0.6) is 5.75 Å². The summed E-state index contributed by atoms with van der Waals surface area (Å²) < 4.78 is 26.7. The zero-order valence-corrected chi connectivity index (χ0v) is 22.7. The lowest BCUT2D eigenvalue weighted by molar-refractivity contribution is 0.0528. The number of hydrogen-bond acceptors (Lipinski definition) is 7. The molecule has 1 amide bonds. The Bertz CT molecular complexity index is 1640. The zero-order valence-electron chi connectivity index (χ0n) is 22.7. The number of carbonyl (C=O) groups excluding carboxylic acids is 2. The molecule has 10 heteroatoms. The van der Waals surface area contributed by atoms with Crippen LogP contribution in [-0.4, -0.2) is 57.7 Å². The van der Waals surface area contributed by atoms with Gasteiger partial charge in [-0.25, -0.2) is 14.2 Å². The topological polar surface area (TPSA) is 98.1 Å². The van der Waals surface area contributed by atoms with Crippen molar-refractivity contribution in [2.75, 3.05) is 31.6 Å². The molecule has 2 aliphatic rings. The maximum absolute atomic E-state index is 14.3. The predicted octanol–water partition coefficient (Wildman–Crippen LogP) is 4.97. The van der Waals surface area contributed by atoms with Crippen LogP contribution < -0.4 is 10.1 Å². The van der Waals surface area contributed by atoms with Crippen LogP contribution in [0, 0.1) is 19.7 Å². The van der Waals surface area contributed by atoms with Crippen LogP contribution in [-0.2, 0) is 10.2 Å². The Balaban J connectivity index is 1.35. The van der Waals surface area contributed by atoms with Gasteiger partial charge < -0.3 is 19.7 Å². The standard InChI is InChI=1S/C30H30FN5O4/c1-4-39-29(38)21-16-33-36-26(21)32-15-20(27(36)34-24-14-18(2)8-9-19(24)3)28(37)35-12-10-30(11-13-35)17-40-25-22(30)6-5-7-23(25)31/h5-9,14-16,34H,4,10-13,17H2,1-3H3. The van der Waals surface area contributed by atoms with Gasteiger partial charge >= 0.3 is 5.97 Å². The summed E-state index contributed by atoms with van der Waals surface area (Å²) in [5, 5.41) is 7.81. The number of amides is 1. The van der Waals surface area contributed by atoms with Crippen molar-refractivity contribution in [2.24, 2.45) is 0 Å². The number of likely N-dealkylation sites (tertiary alicyclic amines) is 1. The van der Waals surface area contributed by atoms with Gasteiger partial charge in [-0.05, 0) is 56.9 Å². The Morgan fingerprint density at radius 1 is 1.12 bits per heavy atom. The summed E-state index contributed by atoms with van der Waals surface area (Å²) in [6.07, 6.45) is 4.20. The van der Waals surface area contributed by atoms with E-state index in [1.165, 1.54) is 23.0 Å². The van der Waals surface area contributed by atoms with Crippen LogP contribution >= 0.6 is 0 Å². The van der Waals surface area contributed by atoms with Gasteiger partial charge in [0.05, 0.1) is 19.4 Å². The van der Waals surface area contributed by atoms with E-state index in [0.717, 1.165) is 22.4 Å². The molecule has 6 rings (SSSR count). The normalized spacial score (nSPS) is 15.7. The summed E-state index contributed by atoms with van der Waals surface area (Å²) in [4.78, 5) is 32.8. The van der Waals surface area contributed by atoms with E-state index < -0.39 is 5.97 Å². The van der Waals surface area contributed by atoms with Gasteiger partial charge in [-0.2, -0.15) is 9.61 Å². The summed E-state index contributed by atoms with van der Waals surface area (Å²) in [6.45, 7) is 7.28. The maximum Gasteiger partial charge on any atom is 0.343 e. The Morgan fingerprint density at radius 2 is 1.93 bits per heavy atom. The number of ether oxygens (including phenoxy) is 2. The van der Waals surface area contributed by atoms with Gasteiger partial charge in [0.25, 0.3) is 5.91 Å². The van der Waals surface area contributed by atoms with Crippen LogP contribution in [0.2, 0.25) is 0 Å². The highest BCUT2D eigenvalue weighted by Crippen LogP contribution is 2.46. The highest BCUT2D eigenvalue weighted by molar-refractivity contribution is 6.01. The molecule has 9 nitrogen and oxygen atoms in total. The number of halogens is 1. The molecule has 40 heavy (non-hydrogen) atoms. The lowest BCUT2D eigenvalue weighted by Crippen LogP contribution is -2.46. The summed E-state index contributed by atoms with van der Waals surface area (Å²) in [6, 6.07) is 11.1. The molecule has 2 aromatic heterocycles. The van der Waals surface area contributed by atoms with Crippen molar-refractivity contribution in [3.8, 4) is 5.75 Å². The predicted molar refractivity (Wildman–Crippen MR) is 147 cm³/mol. The largest absolute Gasteiger partial charge is 0.489 e. The quantitative estimate of drug-likeness (QED) is 0.355. The number of piperidine rings is 1. The molecule has 0 saturated carbocycles. The summed E-state index contributed by atoms with van der Waals surface area (Å²) in [5.74, 6) is -0.345. The molecule has 206 valence electrons. The van der Waals surface area contributed by atoms with Gasteiger partial charge in [0.1, 0.15) is 16.9 Å². The van der Waals surface area contributed by atoms with Crippen molar-refractivity contribution in [1.82, 2.24) is 19.5 Å². The molecule has 0 bridgehead atoms. The number of benzene rings is 2. The zero-order chi connectivity index (χ0) is 28.0. The van der Waals surface area contributed by atoms with Gasteiger partial charge in [-0.1, -0.05) is 24.3 Å². The van der Waals surface area contributed by atoms with Gasteiger partial charge in [0.15, 0.2) is 17.2 Å². The van der Waals surface area contributed by atoms with E-state index in [2.05, 4.69) is 15.4 Å². The van der Waals surface area contributed by atoms with Gasteiger partial charge in [0, 0.05) is 36.0 Å². The van der Waals surface area contributed by atoms with Gasteiger partial charge in [-0.15, -0.1) is 0 Å². The highest BCUT2D eigenvalue weighted by Gasteiger charge is 2.45. The van der Waals surface area contributed by atoms with E-state index >= 15 is 0 Å². The fraction of sp³-hybridized carbons (Fsp3) is 0.333. The van der Waals surface area contributed by atoms with Crippen LogP contribution in [0.3, 0.4) is 0 Å². The van der Waals surface area contributed by atoms with E-state index in [0.29, 0.717) is 55.3 Å². The van der Waals surface area contributed by atoms with Gasteiger partial charge in [0.2, 0.25) is 0 Å². The second-order valence-corrected chi connectivity index (χ2v) is 10.5.